The van der Waals surface area contributed by atoms with Crippen LogP contribution in [-0.2, 0) is 6.54 Å². The van der Waals surface area contributed by atoms with Crippen molar-refractivity contribution in [3.63, 3.8) is 0 Å². The van der Waals surface area contributed by atoms with Crippen molar-refractivity contribution in [2.24, 2.45) is 5.73 Å². The van der Waals surface area contributed by atoms with E-state index >= 15 is 0 Å². The molecule has 1 saturated carbocycles. The van der Waals surface area contributed by atoms with Crippen LogP contribution in [0.15, 0.2) is 42.6 Å². The lowest BCUT2D eigenvalue weighted by molar-refractivity contribution is 0.0905. The van der Waals surface area contributed by atoms with Gasteiger partial charge in [0.25, 0.3) is 5.91 Å². The van der Waals surface area contributed by atoms with Gasteiger partial charge in [-0.1, -0.05) is 43.2 Å². The van der Waals surface area contributed by atoms with Crippen LogP contribution in [-0.4, -0.2) is 32.8 Å². The minimum absolute atomic E-state index is 0. The van der Waals surface area contributed by atoms with E-state index in [1.165, 1.54) is 0 Å². The standard InChI is InChI=1S/C21H25N5O.2ClH/c1-2-26-19-17(13-23-26)16(12-18(24-19)15-8-4-3-5-9-15)20(27)25-21(14-22)10-6-7-11-21;;/h3-5,8-9,12-13H,2,6-7,10-11,14,22H2,1H3,(H,25,27);2*1H. The number of fused-ring (bicyclic) bond motifs is 1. The number of benzene rings is 1. The molecular weight excluding hydrogens is 409 g/mol. The minimum atomic E-state index is -0.291. The molecule has 0 atom stereocenters. The van der Waals surface area contributed by atoms with Gasteiger partial charge < -0.3 is 11.1 Å². The molecule has 8 heteroatoms. The average molecular weight is 436 g/mol. The predicted octanol–water partition coefficient (Wildman–Crippen LogP) is 3.96. The predicted molar refractivity (Wildman–Crippen MR) is 121 cm³/mol. The molecule has 1 amide bonds. The van der Waals surface area contributed by atoms with Crippen molar-refractivity contribution in [3.05, 3.63) is 48.2 Å². The van der Waals surface area contributed by atoms with E-state index in [-0.39, 0.29) is 36.3 Å². The molecule has 1 aliphatic carbocycles. The molecule has 0 spiro atoms. The van der Waals surface area contributed by atoms with Crippen molar-refractivity contribution < 1.29 is 4.79 Å². The number of carbonyl (C=O) groups is 1. The Hall–Kier alpha value is -2.15. The first kappa shape index (κ1) is 23.1. The molecular formula is C21H27Cl2N5O. The van der Waals surface area contributed by atoms with Gasteiger partial charge in [0.15, 0.2) is 5.65 Å². The van der Waals surface area contributed by atoms with E-state index in [0.717, 1.165) is 48.0 Å². The van der Waals surface area contributed by atoms with Gasteiger partial charge in [-0.2, -0.15) is 5.10 Å². The second kappa shape index (κ2) is 9.57. The molecule has 3 aromatic rings. The van der Waals surface area contributed by atoms with Gasteiger partial charge in [0.1, 0.15) is 0 Å². The molecule has 1 fully saturated rings. The van der Waals surface area contributed by atoms with E-state index in [0.29, 0.717) is 18.7 Å². The van der Waals surface area contributed by atoms with E-state index in [1.54, 1.807) is 6.20 Å². The lowest BCUT2D eigenvalue weighted by Gasteiger charge is -2.28. The number of carbonyl (C=O) groups excluding carboxylic acids is 1. The Bertz CT molecular complexity index is 968. The molecule has 0 unspecified atom stereocenters. The minimum Gasteiger partial charge on any atom is -0.345 e. The fourth-order valence-electron chi connectivity index (χ4n) is 3.96. The number of pyridine rings is 1. The first-order valence-electron chi connectivity index (χ1n) is 9.60. The topological polar surface area (TPSA) is 85.8 Å². The highest BCUT2D eigenvalue weighted by molar-refractivity contribution is 6.06. The van der Waals surface area contributed by atoms with E-state index in [4.69, 9.17) is 10.7 Å². The van der Waals surface area contributed by atoms with Gasteiger partial charge in [-0.25, -0.2) is 9.67 Å². The van der Waals surface area contributed by atoms with Gasteiger partial charge in [0.05, 0.1) is 28.4 Å². The summed E-state index contributed by atoms with van der Waals surface area (Å²) < 4.78 is 1.83. The van der Waals surface area contributed by atoms with Crippen LogP contribution >= 0.6 is 24.8 Å². The molecule has 2 heterocycles. The molecule has 6 nitrogen and oxygen atoms in total. The van der Waals surface area contributed by atoms with Crippen LogP contribution in [0.1, 0.15) is 43.0 Å². The number of rotatable bonds is 5. The molecule has 0 radical (unpaired) electrons. The van der Waals surface area contributed by atoms with Crippen molar-refractivity contribution >= 4 is 41.8 Å². The molecule has 1 aromatic carbocycles. The van der Waals surface area contributed by atoms with Gasteiger partial charge in [0, 0.05) is 18.7 Å². The molecule has 3 N–H and O–H groups in total. The molecule has 0 saturated heterocycles. The van der Waals surface area contributed by atoms with Crippen molar-refractivity contribution in [2.45, 2.75) is 44.7 Å². The Morgan fingerprint density at radius 3 is 2.52 bits per heavy atom. The largest absolute Gasteiger partial charge is 0.345 e. The molecule has 156 valence electrons. The maximum Gasteiger partial charge on any atom is 0.252 e. The van der Waals surface area contributed by atoms with Crippen molar-refractivity contribution in [1.82, 2.24) is 20.1 Å². The summed E-state index contributed by atoms with van der Waals surface area (Å²) in [6, 6.07) is 11.8. The van der Waals surface area contributed by atoms with Crippen molar-refractivity contribution in [3.8, 4) is 11.3 Å². The van der Waals surface area contributed by atoms with Crippen LogP contribution in [0.4, 0.5) is 0 Å². The number of aryl methyl sites for hydroxylation is 1. The number of nitrogens with one attached hydrogen (secondary N) is 1. The Balaban J connectivity index is 0.00000150. The zero-order valence-corrected chi connectivity index (χ0v) is 18.1. The number of halogens is 2. The summed E-state index contributed by atoms with van der Waals surface area (Å²) >= 11 is 0. The second-order valence-electron chi connectivity index (χ2n) is 7.26. The number of nitrogens with two attached hydrogens (primary N) is 1. The third-order valence-corrected chi connectivity index (χ3v) is 5.55. The van der Waals surface area contributed by atoms with Gasteiger partial charge in [-0.15, -0.1) is 24.8 Å². The second-order valence-corrected chi connectivity index (χ2v) is 7.26. The van der Waals surface area contributed by atoms with Crippen LogP contribution in [0.5, 0.6) is 0 Å². The Morgan fingerprint density at radius 1 is 1.21 bits per heavy atom. The quantitative estimate of drug-likeness (QED) is 0.634. The van der Waals surface area contributed by atoms with E-state index in [9.17, 15) is 4.79 Å². The van der Waals surface area contributed by atoms with Gasteiger partial charge in [0.2, 0.25) is 0 Å². The number of aromatic nitrogens is 3. The molecule has 29 heavy (non-hydrogen) atoms. The highest BCUT2D eigenvalue weighted by Crippen LogP contribution is 2.30. The van der Waals surface area contributed by atoms with Crippen molar-refractivity contribution in [1.29, 1.82) is 0 Å². The lowest BCUT2D eigenvalue weighted by atomic mass is 9.96. The molecule has 1 aliphatic rings. The van der Waals surface area contributed by atoms with Gasteiger partial charge in [-0.05, 0) is 25.8 Å². The van der Waals surface area contributed by atoms with Crippen LogP contribution < -0.4 is 11.1 Å². The normalized spacial score (nSPS) is 14.8. The van der Waals surface area contributed by atoms with E-state index in [1.807, 2.05) is 48.0 Å². The summed E-state index contributed by atoms with van der Waals surface area (Å²) in [6.07, 6.45) is 5.81. The van der Waals surface area contributed by atoms with E-state index < -0.39 is 0 Å². The highest BCUT2D eigenvalue weighted by atomic mass is 35.5. The Morgan fingerprint density at radius 2 is 1.90 bits per heavy atom. The molecule has 0 aliphatic heterocycles. The number of amides is 1. The maximum atomic E-state index is 13.2. The molecule has 0 bridgehead atoms. The fourth-order valence-corrected chi connectivity index (χ4v) is 3.96. The number of hydrogen-bond acceptors (Lipinski definition) is 4. The SMILES string of the molecule is CCn1ncc2c(C(=O)NC3(CN)CCCC3)cc(-c3ccccc3)nc21.Cl.Cl. The lowest BCUT2D eigenvalue weighted by Crippen LogP contribution is -2.51. The summed E-state index contributed by atoms with van der Waals surface area (Å²) in [7, 11) is 0. The summed E-state index contributed by atoms with van der Waals surface area (Å²) in [5.41, 5.74) is 8.82. The summed E-state index contributed by atoms with van der Waals surface area (Å²) in [5, 5.41) is 8.42. The zero-order valence-electron chi connectivity index (χ0n) is 16.4. The molecule has 4 rings (SSSR count). The number of nitrogens with zero attached hydrogens (tertiary/aromatic N) is 3. The molecule has 2 aromatic heterocycles. The summed E-state index contributed by atoms with van der Waals surface area (Å²) in [5.74, 6) is -0.0948. The van der Waals surface area contributed by atoms with Crippen LogP contribution in [0, 0.1) is 0 Å². The van der Waals surface area contributed by atoms with Crippen molar-refractivity contribution in [2.75, 3.05) is 6.54 Å². The Labute approximate surface area is 183 Å². The monoisotopic (exact) mass is 435 g/mol. The maximum absolute atomic E-state index is 13.2. The first-order chi connectivity index (χ1) is 13.2. The van der Waals surface area contributed by atoms with E-state index in [2.05, 4.69) is 10.4 Å². The third-order valence-electron chi connectivity index (χ3n) is 5.55. The Kier molecular flexibility index (Phi) is 7.63. The van der Waals surface area contributed by atoms with Crippen LogP contribution in [0.3, 0.4) is 0 Å². The average Bonchev–Trinajstić information content (AvgIpc) is 3.35. The first-order valence-corrected chi connectivity index (χ1v) is 9.60. The summed E-state index contributed by atoms with van der Waals surface area (Å²) in [4.78, 5) is 18.0. The smallest absolute Gasteiger partial charge is 0.252 e. The van der Waals surface area contributed by atoms with Crippen LogP contribution in [0.25, 0.3) is 22.3 Å². The number of hydrogen-bond donors (Lipinski definition) is 2. The van der Waals surface area contributed by atoms with Crippen LogP contribution in [0.2, 0.25) is 0 Å². The highest BCUT2D eigenvalue weighted by Gasteiger charge is 2.34. The zero-order chi connectivity index (χ0) is 18.9. The van der Waals surface area contributed by atoms with Gasteiger partial charge in [-0.3, -0.25) is 4.79 Å². The fraction of sp³-hybridized carbons (Fsp3) is 0.381. The van der Waals surface area contributed by atoms with Gasteiger partial charge >= 0.3 is 0 Å². The third kappa shape index (κ3) is 4.39. The summed E-state index contributed by atoms with van der Waals surface area (Å²) in [6.45, 7) is 3.18.